The van der Waals surface area contributed by atoms with Gasteiger partial charge in [-0.05, 0) is 48.6 Å². The molecule has 3 aromatic carbocycles. The molecular formula is C35H41N5O5S2. The fraction of sp³-hybridized carbons (Fsp3) is 0.371. The summed E-state index contributed by atoms with van der Waals surface area (Å²) in [6.07, 6.45) is 2.90. The lowest BCUT2D eigenvalue weighted by atomic mass is 10.0. The minimum Gasteiger partial charge on any atom is -0.397 e. The van der Waals surface area contributed by atoms with Gasteiger partial charge in [-0.15, -0.1) is 10.2 Å². The van der Waals surface area contributed by atoms with E-state index in [0.29, 0.717) is 50.0 Å². The number of nitrogen functional groups attached to an aromatic ring is 1. The van der Waals surface area contributed by atoms with E-state index in [-0.39, 0.29) is 30.6 Å². The highest BCUT2D eigenvalue weighted by Crippen LogP contribution is 2.39. The van der Waals surface area contributed by atoms with Gasteiger partial charge in [0.25, 0.3) is 0 Å². The molecule has 3 unspecified atom stereocenters. The van der Waals surface area contributed by atoms with Crippen LogP contribution in [0.25, 0.3) is 0 Å². The molecule has 47 heavy (non-hydrogen) atoms. The van der Waals surface area contributed by atoms with Gasteiger partial charge in [0.2, 0.25) is 11.8 Å². The lowest BCUT2D eigenvalue weighted by molar-refractivity contribution is -0.245. The number of ether oxygens (including phenoxy) is 2. The Bertz CT molecular complexity index is 1600. The van der Waals surface area contributed by atoms with E-state index in [4.69, 9.17) is 15.2 Å². The Morgan fingerprint density at radius 3 is 2.32 bits per heavy atom. The number of para-hydroxylation sites is 2. The molecule has 12 heteroatoms. The van der Waals surface area contributed by atoms with Crippen LogP contribution in [0.3, 0.4) is 0 Å². The first-order chi connectivity index (χ1) is 22.9. The molecule has 1 fully saturated rings. The zero-order valence-electron chi connectivity index (χ0n) is 26.4. The van der Waals surface area contributed by atoms with E-state index in [1.54, 1.807) is 35.2 Å². The zero-order chi connectivity index (χ0) is 33.0. The van der Waals surface area contributed by atoms with Crippen LogP contribution in [0, 0.1) is 6.92 Å². The second-order valence-electron chi connectivity index (χ2n) is 11.5. The van der Waals surface area contributed by atoms with Crippen LogP contribution in [0.1, 0.15) is 78.2 Å². The Hall–Kier alpha value is -3.81. The molecule has 10 nitrogen and oxygen atoms in total. The summed E-state index contributed by atoms with van der Waals surface area (Å²) in [6, 6.07) is 22.9. The van der Waals surface area contributed by atoms with Crippen molar-refractivity contribution in [1.29, 1.82) is 0 Å². The van der Waals surface area contributed by atoms with Crippen LogP contribution < -0.4 is 16.4 Å². The van der Waals surface area contributed by atoms with Gasteiger partial charge in [0.15, 0.2) is 10.6 Å². The third-order valence-corrected chi connectivity index (χ3v) is 9.90. The molecular weight excluding hydrogens is 635 g/mol. The number of benzene rings is 3. The first kappa shape index (κ1) is 34.5. The number of aliphatic hydroxyl groups is 1. The number of nitrogens with one attached hydrogen (secondary N) is 2. The number of amides is 2. The third kappa shape index (κ3) is 10.6. The number of anilines is 2. The van der Waals surface area contributed by atoms with Gasteiger partial charge in [-0.2, -0.15) is 0 Å². The van der Waals surface area contributed by atoms with Crippen LogP contribution in [0.2, 0.25) is 0 Å². The lowest BCUT2D eigenvalue weighted by Crippen LogP contribution is -2.31. The standard InChI is InChI=1S/C35H41N5O5S2/c1-23-39-40-35(47-23)46-22-28-19-31(26-15-13-25(21-41)14-16-26)45-34(44-28)27-17-11-24(12-18-27)20-37-32(42)9-3-2-4-10-33(43)38-30-8-6-5-7-29(30)36/h5-8,11-18,28,31,34,41H,2-4,9-10,19-22,36H2,1H3,(H,37,42)(H,38,43). The minimum absolute atomic E-state index is 0.00290. The van der Waals surface area contributed by atoms with Crippen LogP contribution in [0.5, 0.6) is 0 Å². The maximum Gasteiger partial charge on any atom is 0.224 e. The number of nitrogens with two attached hydrogens (primary N) is 1. The molecule has 0 saturated carbocycles. The molecule has 0 spiro atoms. The van der Waals surface area contributed by atoms with Crippen LogP contribution in [-0.4, -0.2) is 39.0 Å². The van der Waals surface area contributed by atoms with E-state index in [9.17, 15) is 14.7 Å². The van der Waals surface area contributed by atoms with E-state index >= 15 is 0 Å². The van der Waals surface area contributed by atoms with E-state index in [0.717, 1.165) is 43.8 Å². The van der Waals surface area contributed by atoms with Gasteiger partial charge in [-0.1, -0.05) is 90.2 Å². The van der Waals surface area contributed by atoms with Gasteiger partial charge in [0, 0.05) is 37.1 Å². The Kier molecular flexibility index (Phi) is 12.8. The molecule has 2 heterocycles. The number of unbranched alkanes of at least 4 members (excludes halogenated alkanes) is 2. The van der Waals surface area contributed by atoms with Crippen molar-refractivity contribution < 1.29 is 24.2 Å². The second kappa shape index (κ2) is 17.4. The molecule has 5 rings (SSSR count). The summed E-state index contributed by atoms with van der Waals surface area (Å²) in [5.41, 5.74) is 10.8. The molecule has 0 aliphatic carbocycles. The van der Waals surface area contributed by atoms with Gasteiger partial charge in [0.1, 0.15) is 5.01 Å². The number of carbonyl (C=O) groups is 2. The summed E-state index contributed by atoms with van der Waals surface area (Å²) < 4.78 is 13.8. The Morgan fingerprint density at radius 2 is 1.62 bits per heavy atom. The number of hydrogen-bond donors (Lipinski definition) is 4. The van der Waals surface area contributed by atoms with Crippen molar-refractivity contribution in [1.82, 2.24) is 15.5 Å². The quantitative estimate of drug-likeness (QED) is 0.0633. The van der Waals surface area contributed by atoms with Crippen molar-refractivity contribution in [2.45, 2.75) is 81.4 Å². The second-order valence-corrected chi connectivity index (χ2v) is 13.9. The molecule has 1 aromatic heterocycles. The molecule has 5 N–H and O–H groups in total. The van der Waals surface area contributed by atoms with Crippen LogP contribution >= 0.6 is 23.1 Å². The summed E-state index contributed by atoms with van der Waals surface area (Å²) in [5.74, 6) is 0.625. The monoisotopic (exact) mass is 675 g/mol. The number of aromatic nitrogens is 2. The maximum atomic E-state index is 12.5. The fourth-order valence-electron chi connectivity index (χ4n) is 5.18. The van der Waals surface area contributed by atoms with Gasteiger partial charge >= 0.3 is 0 Å². The van der Waals surface area contributed by atoms with Gasteiger partial charge < -0.3 is 30.9 Å². The van der Waals surface area contributed by atoms with Gasteiger partial charge in [0.05, 0.1) is 30.2 Å². The first-order valence-corrected chi connectivity index (χ1v) is 17.6. The number of rotatable bonds is 15. The largest absolute Gasteiger partial charge is 0.397 e. The van der Waals surface area contributed by atoms with Crippen molar-refractivity contribution in [3.8, 4) is 0 Å². The van der Waals surface area contributed by atoms with Crippen molar-refractivity contribution in [3.05, 3.63) is 100 Å². The van der Waals surface area contributed by atoms with Gasteiger partial charge in [-0.25, -0.2) is 0 Å². The summed E-state index contributed by atoms with van der Waals surface area (Å²) in [4.78, 5) is 24.6. The van der Waals surface area contributed by atoms with Crippen LogP contribution in [0.15, 0.2) is 77.1 Å². The fourth-order valence-corrected chi connectivity index (χ4v) is 7.04. The number of nitrogens with zero attached hydrogens (tertiary/aromatic N) is 2. The summed E-state index contributed by atoms with van der Waals surface area (Å²) in [5, 5.41) is 24.6. The maximum absolute atomic E-state index is 12.5. The third-order valence-electron chi connectivity index (χ3n) is 7.80. The number of thioether (sulfide) groups is 1. The Labute approximate surface area is 283 Å². The smallest absolute Gasteiger partial charge is 0.224 e. The van der Waals surface area contributed by atoms with Crippen molar-refractivity contribution in [2.75, 3.05) is 16.8 Å². The number of hydrogen-bond acceptors (Lipinski definition) is 10. The summed E-state index contributed by atoms with van der Waals surface area (Å²) >= 11 is 3.21. The zero-order valence-corrected chi connectivity index (χ0v) is 28.0. The molecule has 2 amide bonds. The molecule has 1 aliphatic rings. The molecule has 4 aromatic rings. The molecule has 0 radical (unpaired) electrons. The van der Waals surface area contributed by atoms with E-state index in [2.05, 4.69) is 20.8 Å². The Balaban J connectivity index is 1.07. The lowest BCUT2D eigenvalue weighted by Gasteiger charge is -2.36. The highest BCUT2D eigenvalue weighted by Gasteiger charge is 2.32. The average molecular weight is 676 g/mol. The molecule has 0 bridgehead atoms. The van der Waals surface area contributed by atoms with Crippen LogP contribution in [0.4, 0.5) is 11.4 Å². The van der Waals surface area contributed by atoms with E-state index < -0.39 is 6.29 Å². The van der Waals surface area contributed by atoms with Crippen molar-refractivity contribution in [2.24, 2.45) is 0 Å². The van der Waals surface area contributed by atoms with Crippen molar-refractivity contribution in [3.63, 3.8) is 0 Å². The first-order valence-electron chi connectivity index (χ1n) is 15.8. The van der Waals surface area contributed by atoms with Gasteiger partial charge in [-0.3, -0.25) is 9.59 Å². The van der Waals surface area contributed by atoms with Crippen LogP contribution in [-0.2, 0) is 32.2 Å². The molecule has 1 saturated heterocycles. The predicted molar refractivity (Wildman–Crippen MR) is 185 cm³/mol. The number of aryl methyl sites for hydroxylation is 1. The minimum atomic E-state index is -0.552. The predicted octanol–water partition coefficient (Wildman–Crippen LogP) is 6.46. The molecule has 3 atom stereocenters. The summed E-state index contributed by atoms with van der Waals surface area (Å²) in [6.45, 7) is 2.36. The van der Waals surface area contributed by atoms with E-state index in [1.165, 1.54) is 0 Å². The highest BCUT2D eigenvalue weighted by molar-refractivity contribution is 8.01. The average Bonchev–Trinajstić information content (AvgIpc) is 3.52. The van der Waals surface area contributed by atoms with Crippen molar-refractivity contribution >= 4 is 46.3 Å². The number of carbonyl (C=O) groups excluding carboxylic acids is 2. The normalized spacial score (nSPS) is 17.7. The van der Waals surface area contributed by atoms with E-state index in [1.807, 2.05) is 67.6 Å². The SMILES string of the molecule is Cc1nnc(SCC2CC(c3ccc(CO)cc3)OC(c3ccc(CNC(=O)CCCCCC(=O)Nc4ccccc4N)cc3)O2)s1. The Morgan fingerprint density at radius 1 is 0.915 bits per heavy atom. The summed E-state index contributed by atoms with van der Waals surface area (Å²) in [7, 11) is 0. The highest BCUT2D eigenvalue weighted by atomic mass is 32.2. The number of aliphatic hydroxyl groups excluding tert-OH is 1. The molecule has 1 aliphatic heterocycles. The topological polar surface area (TPSA) is 149 Å². The molecule has 248 valence electrons.